The third-order valence-electron chi connectivity index (χ3n) is 6.75. The molecule has 0 aliphatic rings. The van der Waals surface area contributed by atoms with Crippen LogP contribution in [0.15, 0.2) is 72.8 Å². The van der Waals surface area contributed by atoms with E-state index in [0.29, 0.717) is 12.2 Å². The van der Waals surface area contributed by atoms with Crippen molar-refractivity contribution in [1.82, 2.24) is 0 Å². The van der Waals surface area contributed by atoms with Crippen LogP contribution in [0.25, 0.3) is 11.1 Å². The van der Waals surface area contributed by atoms with E-state index < -0.39 is 24.0 Å². The lowest BCUT2D eigenvalue weighted by molar-refractivity contribution is -0.154. The zero-order chi connectivity index (χ0) is 30.3. The van der Waals surface area contributed by atoms with Gasteiger partial charge < -0.3 is 18.9 Å². The van der Waals surface area contributed by atoms with Gasteiger partial charge in [-0.05, 0) is 91.1 Å². The molecule has 2 unspecified atom stereocenters. The molecular weight excluding hydrogens is 552 g/mol. The quantitative estimate of drug-likeness (QED) is 0.0794. The largest absolute Gasteiger partial charge is 0.494 e. The molecule has 3 aromatic rings. The normalized spacial score (nSPS) is 12.2. The number of carbonyl (C=O) groups excluding carboxylic acids is 3. The van der Waals surface area contributed by atoms with E-state index in [0.717, 1.165) is 48.3 Å². The standard InChI is InChI=1S/C34H40O7S/c1-4-24(2)23-39-32(35)25(3)40-33(36)29-15-19-31(20-16-29)41-34(37)28-11-9-26(10-12-28)27-13-17-30(18-14-27)38-21-7-5-6-8-22-42/h9-20,24-25,42H,4-8,21-23H2,1-3H3. The highest BCUT2D eigenvalue weighted by Gasteiger charge is 2.21. The number of ether oxygens (including phenoxy) is 4. The minimum atomic E-state index is -1.03. The summed E-state index contributed by atoms with van der Waals surface area (Å²) >= 11 is 4.23. The highest BCUT2D eigenvalue weighted by Crippen LogP contribution is 2.24. The predicted octanol–water partition coefficient (Wildman–Crippen LogP) is 7.58. The number of hydrogen-bond donors (Lipinski definition) is 1. The Hall–Kier alpha value is -3.78. The molecule has 3 rings (SSSR count). The van der Waals surface area contributed by atoms with Gasteiger partial charge in [0.05, 0.1) is 24.3 Å². The molecule has 0 aliphatic heterocycles. The van der Waals surface area contributed by atoms with E-state index in [1.54, 1.807) is 12.1 Å². The average Bonchev–Trinajstić information content (AvgIpc) is 3.02. The van der Waals surface area contributed by atoms with Gasteiger partial charge in [-0.1, -0.05) is 57.4 Å². The van der Waals surface area contributed by atoms with Gasteiger partial charge in [0.2, 0.25) is 0 Å². The van der Waals surface area contributed by atoms with Gasteiger partial charge in [0.25, 0.3) is 0 Å². The van der Waals surface area contributed by atoms with E-state index >= 15 is 0 Å². The Balaban J connectivity index is 1.48. The van der Waals surface area contributed by atoms with Crippen molar-refractivity contribution in [3.8, 4) is 22.6 Å². The van der Waals surface area contributed by atoms with Gasteiger partial charge in [-0.25, -0.2) is 14.4 Å². The van der Waals surface area contributed by atoms with Gasteiger partial charge >= 0.3 is 17.9 Å². The summed E-state index contributed by atoms with van der Waals surface area (Å²) in [4.78, 5) is 37.2. The molecule has 0 amide bonds. The zero-order valence-electron chi connectivity index (χ0n) is 24.5. The average molecular weight is 593 g/mol. The van der Waals surface area contributed by atoms with Gasteiger partial charge in [0, 0.05) is 0 Å². The number of unbranched alkanes of at least 4 members (excludes halogenated alkanes) is 3. The summed E-state index contributed by atoms with van der Waals surface area (Å²) in [5.41, 5.74) is 2.59. The van der Waals surface area contributed by atoms with Crippen LogP contribution in [-0.4, -0.2) is 43.0 Å². The van der Waals surface area contributed by atoms with Crippen molar-refractivity contribution in [2.24, 2.45) is 5.92 Å². The van der Waals surface area contributed by atoms with Crippen molar-refractivity contribution >= 4 is 30.5 Å². The van der Waals surface area contributed by atoms with Crippen molar-refractivity contribution in [2.75, 3.05) is 19.0 Å². The Morgan fingerprint density at radius 3 is 1.88 bits per heavy atom. The van der Waals surface area contributed by atoms with Crippen molar-refractivity contribution in [3.05, 3.63) is 83.9 Å². The molecule has 8 heteroatoms. The molecule has 0 heterocycles. The van der Waals surface area contributed by atoms with Gasteiger partial charge in [0.1, 0.15) is 11.5 Å². The molecule has 224 valence electrons. The summed E-state index contributed by atoms with van der Waals surface area (Å²) < 4.78 is 21.7. The SMILES string of the molecule is CCC(C)COC(=O)C(C)OC(=O)c1ccc(OC(=O)c2ccc(-c3ccc(OCCCCCCS)cc3)cc2)cc1. The third-order valence-corrected chi connectivity index (χ3v) is 7.07. The lowest BCUT2D eigenvalue weighted by Gasteiger charge is -2.15. The van der Waals surface area contributed by atoms with E-state index in [1.807, 2.05) is 50.2 Å². The fourth-order valence-corrected chi connectivity index (χ4v) is 4.08. The summed E-state index contributed by atoms with van der Waals surface area (Å²) in [6.45, 7) is 6.42. The van der Waals surface area contributed by atoms with Crippen molar-refractivity contribution in [2.45, 2.75) is 59.0 Å². The van der Waals surface area contributed by atoms with Crippen LogP contribution in [0.1, 0.15) is 73.6 Å². The second kappa shape index (κ2) is 17.2. The first-order valence-electron chi connectivity index (χ1n) is 14.4. The van der Waals surface area contributed by atoms with Crippen molar-refractivity contribution in [1.29, 1.82) is 0 Å². The van der Waals surface area contributed by atoms with Crippen LogP contribution in [0, 0.1) is 5.92 Å². The van der Waals surface area contributed by atoms with Gasteiger partial charge in [-0.2, -0.15) is 12.6 Å². The van der Waals surface area contributed by atoms with E-state index in [4.69, 9.17) is 18.9 Å². The number of rotatable bonds is 16. The highest BCUT2D eigenvalue weighted by atomic mass is 32.1. The summed E-state index contributed by atoms with van der Waals surface area (Å²) in [5, 5.41) is 0. The number of hydrogen-bond acceptors (Lipinski definition) is 8. The van der Waals surface area contributed by atoms with E-state index in [2.05, 4.69) is 12.6 Å². The molecular formula is C34H40O7S. The second-order valence-corrected chi connectivity index (χ2v) is 10.6. The first kappa shape index (κ1) is 32.7. The molecule has 42 heavy (non-hydrogen) atoms. The van der Waals surface area contributed by atoms with Crippen molar-refractivity contribution in [3.63, 3.8) is 0 Å². The third kappa shape index (κ3) is 10.6. The minimum Gasteiger partial charge on any atom is -0.494 e. The molecule has 2 atom stereocenters. The maximum Gasteiger partial charge on any atom is 0.347 e. The van der Waals surface area contributed by atoms with Crippen LogP contribution < -0.4 is 9.47 Å². The Labute approximate surface area is 253 Å². The van der Waals surface area contributed by atoms with E-state index in [9.17, 15) is 14.4 Å². The summed E-state index contributed by atoms with van der Waals surface area (Å²) in [6.07, 6.45) is 4.34. The predicted molar refractivity (Wildman–Crippen MR) is 166 cm³/mol. The van der Waals surface area contributed by atoms with E-state index in [-0.39, 0.29) is 23.8 Å². The molecule has 0 saturated carbocycles. The Kier molecular flexibility index (Phi) is 13.4. The van der Waals surface area contributed by atoms with Crippen LogP contribution in [0.3, 0.4) is 0 Å². The smallest absolute Gasteiger partial charge is 0.347 e. The zero-order valence-corrected chi connectivity index (χ0v) is 25.4. The first-order chi connectivity index (χ1) is 20.3. The maximum atomic E-state index is 12.7. The number of benzene rings is 3. The molecule has 0 bridgehead atoms. The van der Waals surface area contributed by atoms with Crippen LogP contribution in [0.5, 0.6) is 11.5 Å². The van der Waals surface area contributed by atoms with Gasteiger partial charge in [-0.15, -0.1) is 0 Å². The first-order valence-corrected chi connectivity index (χ1v) is 15.1. The number of thiol groups is 1. The lowest BCUT2D eigenvalue weighted by atomic mass is 10.0. The summed E-state index contributed by atoms with van der Waals surface area (Å²) in [5.74, 6) is 0.492. The second-order valence-electron chi connectivity index (χ2n) is 10.2. The Morgan fingerprint density at radius 1 is 0.714 bits per heavy atom. The van der Waals surface area contributed by atoms with Gasteiger partial charge in [0.15, 0.2) is 6.10 Å². The van der Waals surface area contributed by atoms with E-state index in [1.165, 1.54) is 37.6 Å². The molecule has 0 fully saturated rings. The van der Waals surface area contributed by atoms with Crippen LogP contribution in [-0.2, 0) is 14.3 Å². The number of esters is 3. The summed E-state index contributed by atoms with van der Waals surface area (Å²) in [7, 11) is 0. The summed E-state index contributed by atoms with van der Waals surface area (Å²) in [6, 6.07) is 21.0. The molecule has 0 aromatic heterocycles. The maximum absolute atomic E-state index is 12.7. The lowest BCUT2D eigenvalue weighted by Crippen LogP contribution is -2.27. The number of carbonyl (C=O) groups is 3. The Morgan fingerprint density at radius 2 is 1.26 bits per heavy atom. The molecule has 0 N–H and O–H groups in total. The fourth-order valence-electron chi connectivity index (χ4n) is 3.86. The topological polar surface area (TPSA) is 88.1 Å². The molecule has 7 nitrogen and oxygen atoms in total. The molecule has 0 spiro atoms. The monoisotopic (exact) mass is 592 g/mol. The molecule has 0 saturated heterocycles. The minimum absolute atomic E-state index is 0.224. The molecule has 0 aliphatic carbocycles. The van der Waals surface area contributed by atoms with Crippen LogP contribution >= 0.6 is 12.6 Å². The van der Waals surface area contributed by atoms with Crippen LogP contribution in [0.4, 0.5) is 0 Å². The molecule has 3 aromatic carbocycles. The Bertz CT molecular complexity index is 1270. The fraction of sp³-hybridized carbons (Fsp3) is 0.382. The van der Waals surface area contributed by atoms with Crippen LogP contribution in [0.2, 0.25) is 0 Å². The molecule has 0 radical (unpaired) electrons. The van der Waals surface area contributed by atoms with Crippen molar-refractivity contribution < 1.29 is 33.3 Å². The highest BCUT2D eigenvalue weighted by molar-refractivity contribution is 7.80. The van der Waals surface area contributed by atoms with Gasteiger partial charge in [-0.3, -0.25) is 0 Å².